The Morgan fingerprint density at radius 2 is 1.19 bits per heavy atom. The first-order valence-corrected chi connectivity index (χ1v) is 17.2. The number of rotatable bonds is 1. The van der Waals surface area contributed by atoms with E-state index in [4.69, 9.17) is 4.42 Å². The van der Waals surface area contributed by atoms with Gasteiger partial charge in [-0.15, -0.1) is 0 Å². The van der Waals surface area contributed by atoms with Crippen LogP contribution in [-0.4, -0.2) is 15.9 Å². The lowest BCUT2D eigenvalue weighted by Crippen LogP contribution is -2.55. The second kappa shape index (κ2) is 9.23. The van der Waals surface area contributed by atoms with Crippen molar-refractivity contribution < 1.29 is 4.42 Å². The molecule has 3 nitrogen and oxygen atoms in total. The minimum atomic E-state index is -0.0840. The number of fused-ring (bicyclic) bond motifs is 12. The van der Waals surface area contributed by atoms with Gasteiger partial charge in [0, 0.05) is 43.5 Å². The first kappa shape index (κ1) is 27.9. The molecule has 1 aliphatic rings. The predicted molar refractivity (Wildman–Crippen MR) is 205 cm³/mol. The molecule has 48 heavy (non-hydrogen) atoms. The van der Waals surface area contributed by atoms with Crippen molar-refractivity contribution in [1.29, 1.82) is 0 Å². The van der Waals surface area contributed by atoms with E-state index in [1.807, 2.05) is 0 Å². The number of furan rings is 1. The summed E-state index contributed by atoms with van der Waals surface area (Å²) < 4.78 is 12.0. The van der Waals surface area contributed by atoms with E-state index in [-0.39, 0.29) is 17.7 Å². The molecule has 3 aromatic heterocycles. The fourth-order valence-corrected chi connectivity index (χ4v) is 8.66. The van der Waals surface area contributed by atoms with Crippen LogP contribution >= 0.6 is 0 Å². The Bertz CT molecular complexity index is 2810. The first-order chi connectivity index (χ1) is 23.1. The molecule has 0 amide bonds. The first-order valence-electron chi connectivity index (χ1n) is 17.2. The van der Waals surface area contributed by atoms with Gasteiger partial charge in [-0.05, 0) is 63.2 Å². The maximum absolute atomic E-state index is 6.82. The zero-order chi connectivity index (χ0) is 32.7. The van der Waals surface area contributed by atoms with Crippen LogP contribution in [0.2, 0.25) is 0 Å². The van der Waals surface area contributed by atoms with Crippen LogP contribution in [0.15, 0.2) is 120 Å². The van der Waals surface area contributed by atoms with Gasteiger partial charge in [0.25, 0.3) is 0 Å². The van der Waals surface area contributed by atoms with Crippen LogP contribution in [0.3, 0.4) is 0 Å². The van der Waals surface area contributed by atoms with Crippen LogP contribution in [0, 0.1) is 0 Å². The molecule has 0 saturated heterocycles. The summed E-state index contributed by atoms with van der Waals surface area (Å²) in [5.74, 6) is 0. The van der Waals surface area contributed by atoms with E-state index in [9.17, 15) is 0 Å². The minimum absolute atomic E-state index is 0.0436. The van der Waals surface area contributed by atoms with E-state index in [0.29, 0.717) is 0 Å². The lowest BCUT2D eigenvalue weighted by molar-refractivity contribution is 0.591. The highest BCUT2D eigenvalue weighted by atomic mass is 16.3. The molecule has 9 aromatic rings. The average Bonchev–Trinajstić information content (AvgIpc) is 3.72. The van der Waals surface area contributed by atoms with Gasteiger partial charge in [-0.1, -0.05) is 126 Å². The summed E-state index contributed by atoms with van der Waals surface area (Å²) in [7, 11) is 0. The summed E-state index contributed by atoms with van der Waals surface area (Å²) in [5, 5.41) is 7.39. The van der Waals surface area contributed by atoms with Crippen LogP contribution in [-0.2, 0) is 10.8 Å². The number of aromatic nitrogens is 2. The highest BCUT2D eigenvalue weighted by Crippen LogP contribution is 2.42. The largest absolute Gasteiger partial charge is 0.454 e. The molecular weight excluding hydrogens is 583 g/mol. The molecule has 0 unspecified atom stereocenters. The van der Waals surface area contributed by atoms with Crippen molar-refractivity contribution in [3.8, 4) is 5.69 Å². The molecule has 232 valence electrons. The molecule has 0 spiro atoms. The second-order valence-electron chi connectivity index (χ2n) is 15.8. The molecule has 4 heteroatoms. The molecule has 0 fully saturated rings. The number of hydrogen-bond donors (Lipinski definition) is 0. The maximum Gasteiger partial charge on any atom is 0.332 e. The Hall–Kier alpha value is -5.22. The number of para-hydroxylation sites is 3. The van der Waals surface area contributed by atoms with E-state index >= 15 is 0 Å². The smallest absolute Gasteiger partial charge is 0.332 e. The van der Waals surface area contributed by atoms with E-state index in [0.717, 1.165) is 27.5 Å². The van der Waals surface area contributed by atoms with Crippen LogP contribution < -0.4 is 10.9 Å². The third-order valence-corrected chi connectivity index (χ3v) is 10.9. The fourth-order valence-electron chi connectivity index (χ4n) is 8.66. The highest BCUT2D eigenvalue weighted by Gasteiger charge is 2.40. The van der Waals surface area contributed by atoms with Gasteiger partial charge in [0.1, 0.15) is 5.58 Å². The lowest BCUT2D eigenvalue weighted by atomic mass is 9.46. The molecule has 1 aliphatic heterocycles. The molecule has 6 aromatic carbocycles. The van der Waals surface area contributed by atoms with Crippen LogP contribution in [0.4, 0.5) is 0 Å². The Kier molecular flexibility index (Phi) is 5.36. The molecular formula is C44H37BN2O. The van der Waals surface area contributed by atoms with Gasteiger partial charge in [0.15, 0.2) is 5.58 Å². The molecule has 0 atom stereocenters. The summed E-state index contributed by atoms with van der Waals surface area (Å²) in [4.78, 5) is 0. The van der Waals surface area contributed by atoms with Gasteiger partial charge in [-0.2, -0.15) is 0 Å². The number of hydrogen-bond acceptors (Lipinski definition) is 1. The number of nitrogens with zero attached hydrogens (tertiary/aromatic N) is 2. The molecule has 4 heterocycles. The molecule has 0 N–H and O–H groups in total. The van der Waals surface area contributed by atoms with E-state index in [2.05, 4.69) is 166 Å². The van der Waals surface area contributed by atoms with E-state index in [1.54, 1.807) is 0 Å². The molecule has 10 rings (SSSR count). The van der Waals surface area contributed by atoms with Crippen molar-refractivity contribution in [2.45, 2.75) is 52.4 Å². The van der Waals surface area contributed by atoms with Crippen LogP contribution in [0.1, 0.15) is 52.7 Å². The minimum Gasteiger partial charge on any atom is -0.454 e. The molecule has 0 aliphatic carbocycles. The highest BCUT2D eigenvalue weighted by molar-refractivity contribution is 6.88. The van der Waals surface area contributed by atoms with Crippen molar-refractivity contribution in [3.05, 3.63) is 126 Å². The average molecular weight is 621 g/mol. The fraction of sp³-hybridized carbons (Fsp3) is 0.182. The summed E-state index contributed by atoms with van der Waals surface area (Å²) in [5.41, 5.74) is 13.4. The Morgan fingerprint density at radius 1 is 0.542 bits per heavy atom. The predicted octanol–water partition coefficient (Wildman–Crippen LogP) is 10.4. The van der Waals surface area contributed by atoms with Gasteiger partial charge in [-0.25, -0.2) is 0 Å². The van der Waals surface area contributed by atoms with Gasteiger partial charge in [0.05, 0.1) is 16.6 Å². The van der Waals surface area contributed by atoms with Crippen molar-refractivity contribution >= 4 is 83.3 Å². The van der Waals surface area contributed by atoms with E-state index in [1.165, 1.54) is 65.8 Å². The Morgan fingerprint density at radius 3 is 2.00 bits per heavy atom. The Balaban J connectivity index is 1.45. The normalized spacial score (nSPS) is 13.6. The SMILES string of the molecule is CC(C)(C)c1ccc2c3ccc(C(C)(C)C)c4c3n(c2c1)-c1ccccc1B4n1c2ccccc2c2ccc3c4ccccc4oc3c21. The van der Waals surface area contributed by atoms with Gasteiger partial charge < -0.3 is 13.5 Å². The second-order valence-corrected chi connectivity index (χ2v) is 15.8. The van der Waals surface area contributed by atoms with Gasteiger partial charge in [0.2, 0.25) is 0 Å². The monoisotopic (exact) mass is 620 g/mol. The summed E-state index contributed by atoms with van der Waals surface area (Å²) in [6.07, 6.45) is 0. The summed E-state index contributed by atoms with van der Waals surface area (Å²) >= 11 is 0. The third-order valence-electron chi connectivity index (χ3n) is 10.9. The van der Waals surface area contributed by atoms with Crippen molar-refractivity contribution in [3.63, 3.8) is 0 Å². The zero-order valence-corrected chi connectivity index (χ0v) is 28.3. The quantitative estimate of drug-likeness (QED) is 0.168. The van der Waals surface area contributed by atoms with E-state index < -0.39 is 0 Å². The summed E-state index contributed by atoms with van der Waals surface area (Å²) in [6, 6.07) is 42.9. The zero-order valence-electron chi connectivity index (χ0n) is 28.3. The summed E-state index contributed by atoms with van der Waals surface area (Å²) in [6.45, 7) is 13.9. The van der Waals surface area contributed by atoms with Crippen molar-refractivity contribution in [1.82, 2.24) is 9.05 Å². The van der Waals surface area contributed by atoms with Gasteiger partial charge >= 0.3 is 6.85 Å². The van der Waals surface area contributed by atoms with Gasteiger partial charge in [-0.3, -0.25) is 0 Å². The Labute approximate surface area is 280 Å². The molecule has 0 saturated carbocycles. The van der Waals surface area contributed by atoms with Crippen molar-refractivity contribution in [2.75, 3.05) is 0 Å². The van der Waals surface area contributed by atoms with Crippen LogP contribution in [0.25, 0.3) is 71.2 Å². The number of benzene rings is 6. The lowest BCUT2D eigenvalue weighted by Gasteiger charge is -2.33. The topological polar surface area (TPSA) is 23.0 Å². The molecule has 0 bridgehead atoms. The third kappa shape index (κ3) is 3.55. The standard InChI is InChI=1S/C44H37BN2O/c1-43(2,3)26-19-20-28-30-23-24-33(44(4,5)6)39-40(30)46(37(28)25-26)36-17-11-9-15-34(36)45(39)47-35-16-10-7-13-27(35)31-21-22-32-29-14-8-12-18-38(29)48-42(32)41(31)47/h7-25H,1-6H3. The maximum atomic E-state index is 6.82. The van der Waals surface area contributed by atoms with Crippen molar-refractivity contribution in [2.24, 2.45) is 0 Å². The molecule has 0 radical (unpaired) electrons. The van der Waals surface area contributed by atoms with Crippen LogP contribution in [0.5, 0.6) is 0 Å².